The first kappa shape index (κ1) is 19.4. The number of hydrogen-bond donors (Lipinski definition) is 3. The van der Waals surface area contributed by atoms with Crippen molar-refractivity contribution in [3.8, 4) is 5.75 Å². The van der Waals surface area contributed by atoms with Gasteiger partial charge >= 0.3 is 6.18 Å². The number of nitrogens with one attached hydrogen (secondary N) is 3. The third kappa shape index (κ3) is 4.67. The maximum atomic E-state index is 12.8. The molecule has 2 aromatic heterocycles. The van der Waals surface area contributed by atoms with Gasteiger partial charge in [0.1, 0.15) is 6.61 Å². The number of alkyl halides is 3. The fourth-order valence-electron chi connectivity index (χ4n) is 2.35. The van der Waals surface area contributed by atoms with Gasteiger partial charge in [0, 0.05) is 18.5 Å². The third-order valence-electron chi connectivity index (χ3n) is 3.75. The molecule has 1 atom stereocenters. The molecule has 0 aliphatic carbocycles. The number of nitrogens with zero attached hydrogens (tertiary/aromatic N) is 1. The molecule has 7 nitrogen and oxygen atoms in total. The summed E-state index contributed by atoms with van der Waals surface area (Å²) in [7, 11) is 0. The van der Waals surface area contributed by atoms with Gasteiger partial charge in [0.05, 0.1) is 11.8 Å². The number of ether oxygens (including phenoxy) is 1. The van der Waals surface area contributed by atoms with Crippen LogP contribution >= 0.6 is 0 Å². The predicted octanol–water partition coefficient (Wildman–Crippen LogP) is 2.41. The van der Waals surface area contributed by atoms with Gasteiger partial charge < -0.3 is 14.9 Å². The van der Waals surface area contributed by atoms with Gasteiger partial charge in [-0.05, 0) is 11.6 Å². The van der Waals surface area contributed by atoms with Crippen LogP contribution in [-0.4, -0.2) is 9.97 Å². The van der Waals surface area contributed by atoms with Gasteiger partial charge in [0.2, 0.25) is 11.4 Å². The molecule has 0 amide bonds. The van der Waals surface area contributed by atoms with E-state index in [0.717, 1.165) is 5.56 Å². The van der Waals surface area contributed by atoms with Crippen LogP contribution in [-0.2, 0) is 12.8 Å². The molecular weight excluding hydrogens is 377 g/mol. The molecule has 28 heavy (non-hydrogen) atoms. The van der Waals surface area contributed by atoms with E-state index in [1.165, 1.54) is 18.5 Å². The van der Waals surface area contributed by atoms with Crippen LogP contribution in [0.25, 0.3) is 0 Å². The Morgan fingerprint density at radius 2 is 1.96 bits per heavy atom. The standard InChI is InChI=1S/C18H15F3N4O3/c19-18(20,21)13-8-14(17(26)23-9-13)24-25(27)15-6-7-22-10-16(15)28-11-12-4-2-1-3-5-12/h1-10,24-25H,11H2,(H,23,26). The Bertz CT molecular complexity index is 993. The van der Waals surface area contributed by atoms with Crippen molar-refractivity contribution >= 4 is 11.4 Å². The molecule has 0 radical (unpaired) electrons. The zero-order valence-corrected chi connectivity index (χ0v) is 14.3. The van der Waals surface area contributed by atoms with Crippen molar-refractivity contribution in [2.75, 3.05) is 5.43 Å². The Kier molecular flexibility index (Phi) is 5.62. The molecule has 2 heterocycles. The van der Waals surface area contributed by atoms with E-state index < -0.39 is 28.2 Å². The van der Waals surface area contributed by atoms with Crippen molar-refractivity contribution in [3.05, 3.63) is 87.7 Å². The fraction of sp³-hybridized carbons (Fsp3) is 0.111. The molecule has 1 unspecified atom stereocenters. The molecular formula is C18H15F3N4O3. The Morgan fingerprint density at radius 3 is 2.68 bits per heavy atom. The van der Waals surface area contributed by atoms with E-state index in [0.29, 0.717) is 12.3 Å². The number of rotatable bonds is 6. The highest BCUT2D eigenvalue weighted by Crippen LogP contribution is 2.29. The van der Waals surface area contributed by atoms with Crippen molar-refractivity contribution in [2.24, 2.45) is 0 Å². The van der Waals surface area contributed by atoms with Gasteiger partial charge in [-0.2, -0.15) is 13.2 Å². The Labute approximate surface area is 157 Å². The number of halogens is 3. The normalized spacial score (nSPS) is 12.4. The molecule has 3 N–H and O–H groups in total. The molecule has 0 saturated carbocycles. The summed E-state index contributed by atoms with van der Waals surface area (Å²) in [6, 6.07) is 11.1. The minimum absolute atomic E-state index is 0.0303. The van der Waals surface area contributed by atoms with Crippen molar-refractivity contribution in [1.29, 1.82) is 0 Å². The maximum Gasteiger partial charge on any atom is 0.417 e. The molecule has 0 spiro atoms. The van der Waals surface area contributed by atoms with E-state index in [1.54, 1.807) is 0 Å². The first-order valence-corrected chi connectivity index (χ1v) is 8.06. The van der Waals surface area contributed by atoms with Gasteiger partial charge in [-0.3, -0.25) is 9.78 Å². The summed E-state index contributed by atoms with van der Waals surface area (Å²) in [6.07, 6.45) is -1.47. The number of H-pyrrole nitrogens is 1. The second-order valence-corrected chi connectivity index (χ2v) is 5.73. The minimum Gasteiger partial charge on any atom is -0.603 e. The summed E-state index contributed by atoms with van der Waals surface area (Å²) in [5.74, 6) is 0.132. The van der Waals surface area contributed by atoms with Crippen LogP contribution in [0.5, 0.6) is 5.75 Å². The molecule has 0 bridgehead atoms. The average molecular weight is 392 g/mol. The lowest BCUT2D eigenvalue weighted by Crippen LogP contribution is -3.06. The van der Waals surface area contributed by atoms with Crippen molar-refractivity contribution in [3.63, 3.8) is 0 Å². The van der Waals surface area contributed by atoms with Crippen LogP contribution in [0.15, 0.2) is 65.8 Å². The van der Waals surface area contributed by atoms with Crippen LogP contribution in [0.2, 0.25) is 0 Å². The zero-order chi connectivity index (χ0) is 20.1. The van der Waals surface area contributed by atoms with Gasteiger partial charge in [-0.1, -0.05) is 30.3 Å². The molecule has 10 heteroatoms. The molecule has 0 aliphatic rings. The summed E-state index contributed by atoms with van der Waals surface area (Å²) in [5.41, 5.74) is 0.604. The molecule has 0 aliphatic heterocycles. The van der Waals surface area contributed by atoms with Gasteiger partial charge in [-0.25, -0.2) is 10.6 Å². The van der Waals surface area contributed by atoms with Crippen LogP contribution in [0, 0.1) is 5.21 Å². The number of aromatic amines is 1. The topological polar surface area (TPSA) is 94.5 Å². The summed E-state index contributed by atoms with van der Waals surface area (Å²) in [4.78, 5) is 17.6. The highest BCUT2D eigenvalue weighted by atomic mass is 19.4. The lowest BCUT2D eigenvalue weighted by Gasteiger charge is -2.24. The molecule has 146 valence electrons. The van der Waals surface area contributed by atoms with E-state index in [-0.39, 0.29) is 18.0 Å². The lowest BCUT2D eigenvalue weighted by molar-refractivity contribution is -0.750. The number of anilines is 1. The smallest absolute Gasteiger partial charge is 0.417 e. The summed E-state index contributed by atoms with van der Waals surface area (Å²) in [6.45, 7) is 0.164. The molecule has 1 aromatic carbocycles. The number of hydrogen-bond acceptors (Lipinski definition) is 5. The molecule has 0 fully saturated rings. The number of pyridine rings is 2. The highest BCUT2D eigenvalue weighted by Gasteiger charge is 2.31. The Morgan fingerprint density at radius 1 is 1.21 bits per heavy atom. The fourth-order valence-corrected chi connectivity index (χ4v) is 2.35. The molecule has 3 aromatic rings. The minimum atomic E-state index is -4.66. The predicted molar refractivity (Wildman–Crippen MR) is 94.7 cm³/mol. The summed E-state index contributed by atoms with van der Waals surface area (Å²) < 4.78 is 44.1. The van der Waals surface area contributed by atoms with E-state index in [4.69, 9.17) is 4.74 Å². The average Bonchev–Trinajstić information content (AvgIpc) is 2.68. The highest BCUT2D eigenvalue weighted by molar-refractivity contribution is 5.46. The van der Waals surface area contributed by atoms with Gasteiger partial charge in [-0.15, -0.1) is 0 Å². The van der Waals surface area contributed by atoms with Crippen molar-refractivity contribution in [2.45, 2.75) is 12.8 Å². The first-order chi connectivity index (χ1) is 13.3. The van der Waals surface area contributed by atoms with E-state index in [9.17, 15) is 23.2 Å². The van der Waals surface area contributed by atoms with Gasteiger partial charge in [0.25, 0.3) is 5.56 Å². The van der Waals surface area contributed by atoms with E-state index >= 15 is 0 Å². The molecule has 3 rings (SSSR count). The molecule has 0 saturated heterocycles. The van der Waals surface area contributed by atoms with Crippen LogP contribution in [0.4, 0.5) is 24.5 Å². The SMILES string of the molecule is O=c1[nH]cc(C(F)(F)F)cc1N[NH+]([O-])c1ccncc1OCc1ccccc1. The van der Waals surface area contributed by atoms with Crippen LogP contribution in [0.3, 0.4) is 0 Å². The maximum absolute atomic E-state index is 12.8. The second-order valence-electron chi connectivity index (χ2n) is 5.73. The number of benzene rings is 1. The summed E-state index contributed by atoms with van der Waals surface area (Å²) >= 11 is 0. The lowest BCUT2D eigenvalue weighted by atomic mass is 10.2. The zero-order valence-electron chi connectivity index (χ0n) is 14.3. The number of quaternary nitrogens is 1. The quantitative estimate of drug-likeness (QED) is 0.560. The van der Waals surface area contributed by atoms with Crippen LogP contribution < -0.4 is 20.9 Å². The van der Waals surface area contributed by atoms with Crippen molar-refractivity contribution < 1.29 is 23.1 Å². The van der Waals surface area contributed by atoms with Crippen LogP contribution in [0.1, 0.15) is 11.1 Å². The largest absolute Gasteiger partial charge is 0.603 e. The third-order valence-corrected chi connectivity index (χ3v) is 3.75. The Hall–Kier alpha value is -3.37. The Balaban J connectivity index is 1.80. The van der Waals surface area contributed by atoms with E-state index in [1.807, 2.05) is 35.3 Å². The number of aromatic nitrogens is 2. The second kappa shape index (κ2) is 8.11. The summed E-state index contributed by atoms with van der Waals surface area (Å²) in [5, 5.41) is 11.7. The monoisotopic (exact) mass is 392 g/mol. The first-order valence-electron chi connectivity index (χ1n) is 8.06. The van der Waals surface area contributed by atoms with Crippen molar-refractivity contribution in [1.82, 2.24) is 9.97 Å². The van der Waals surface area contributed by atoms with Gasteiger partial charge in [0.15, 0.2) is 5.69 Å². The van der Waals surface area contributed by atoms with E-state index in [2.05, 4.69) is 10.4 Å².